The van der Waals surface area contributed by atoms with Crippen molar-refractivity contribution in [3.05, 3.63) is 30.0 Å². The van der Waals surface area contributed by atoms with Crippen molar-refractivity contribution >= 4 is 17.5 Å². The minimum absolute atomic E-state index is 0.0343. The minimum atomic E-state index is -4.54. The zero-order valence-electron chi connectivity index (χ0n) is 15.8. The van der Waals surface area contributed by atoms with Crippen LogP contribution in [0.3, 0.4) is 0 Å². The Morgan fingerprint density at radius 1 is 1.25 bits per heavy atom. The number of rotatable bonds is 5. The van der Waals surface area contributed by atoms with Gasteiger partial charge in [-0.05, 0) is 13.3 Å². The van der Waals surface area contributed by atoms with E-state index in [1.807, 2.05) is 30.0 Å². The lowest BCUT2D eigenvalue weighted by Gasteiger charge is -2.26. The molecule has 0 spiro atoms. The molecule has 0 bridgehead atoms. The van der Waals surface area contributed by atoms with Crippen molar-refractivity contribution in [3.63, 3.8) is 0 Å². The first-order chi connectivity index (χ1) is 13.1. The number of alkyl halides is 3. The predicted molar refractivity (Wildman–Crippen MR) is 98.4 cm³/mol. The van der Waals surface area contributed by atoms with Crippen LogP contribution in [0.5, 0.6) is 0 Å². The van der Waals surface area contributed by atoms with Crippen LogP contribution in [0.2, 0.25) is 0 Å². The van der Waals surface area contributed by atoms with Crippen LogP contribution < -0.4 is 15.1 Å². The molecule has 1 aliphatic rings. The number of nitrogens with zero attached hydrogens (tertiary/aromatic N) is 6. The second-order valence-corrected chi connectivity index (χ2v) is 6.89. The summed E-state index contributed by atoms with van der Waals surface area (Å²) in [4.78, 5) is 19.7. The second-order valence-electron chi connectivity index (χ2n) is 6.89. The molecule has 152 valence electrons. The molecule has 2 atom stereocenters. The highest BCUT2D eigenvalue weighted by molar-refractivity contribution is 5.51. The molecule has 11 heteroatoms. The summed E-state index contributed by atoms with van der Waals surface area (Å²) >= 11 is 0. The molecule has 8 nitrogen and oxygen atoms in total. The summed E-state index contributed by atoms with van der Waals surface area (Å²) < 4.78 is 38.8. The topological polar surface area (TPSA) is 90.3 Å². The zero-order chi connectivity index (χ0) is 20.5. The lowest BCUT2D eigenvalue weighted by molar-refractivity contribution is -0.141. The average molecular weight is 397 g/mol. The highest BCUT2D eigenvalue weighted by atomic mass is 19.4. The fraction of sp³-hybridized carbons (Fsp3) is 0.529. The molecule has 1 saturated heterocycles. The quantitative estimate of drug-likeness (QED) is 0.788. The van der Waals surface area contributed by atoms with Gasteiger partial charge in [-0.25, -0.2) is 19.9 Å². The van der Waals surface area contributed by atoms with Gasteiger partial charge in [-0.15, -0.1) is 0 Å². The summed E-state index contributed by atoms with van der Waals surface area (Å²) in [5.41, 5.74) is -0.989. The van der Waals surface area contributed by atoms with E-state index in [1.165, 1.54) is 13.3 Å². The third-order valence-corrected chi connectivity index (χ3v) is 4.43. The average Bonchev–Trinajstić information content (AvgIpc) is 2.99. The summed E-state index contributed by atoms with van der Waals surface area (Å²) in [5, 5.41) is 13.0. The van der Waals surface area contributed by atoms with Crippen LogP contribution in [0.15, 0.2) is 18.5 Å². The molecule has 1 aliphatic heterocycles. The summed E-state index contributed by atoms with van der Waals surface area (Å²) in [7, 11) is 3.72. The molecule has 2 N–H and O–H groups in total. The van der Waals surface area contributed by atoms with Crippen LogP contribution in [0.1, 0.15) is 17.9 Å². The third kappa shape index (κ3) is 4.58. The van der Waals surface area contributed by atoms with Gasteiger partial charge >= 0.3 is 6.18 Å². The minimum Gasteiger partial charge on any atom is -0.391 e. The third-order valence-electron chi connectivity index (χ3n) is 4.43. The number of nitrogens with one attached hydrogen (secondary N) is 1. The Bertz CT molecular complexity index is 831. The molecule has 0 aromatic carbocycles. The molecular formula is C17H22F3N7O. The predicted octanol–water partition coefficient (Wildman–Crippen LogP) is 1.71. The fourth-order valence-electron chi connectivity index (χ4n) is 3.13. The standard InChI is InChI=1S/C17H22F3N7O/c1-10-24-13(17(18,19)20)5-14(25-10)21-7-11-4-12(28)8-27(11)16-6-15(26(2)3)22-9-23-16/h5-6,9,11-12,28H,4,7-8H2,1-3H3,(H,21,24,25)/t11-,12-/m1/s1. The van der Waals surface area contributed by atoms with Crippen molar-refractivity contribution < 1.29 is 18.3 Å². The summed E-state index contributed by atoms with van der Waals surface area (Å²) in [6, 6.07) is 2.53. The monoisotopic (exact) mass is 397 g/mol. The molecule has 28 heavy (non-hydrogen) atoms. The number of aliphatic hydroxyl groups is 1. The molecule has 0 radical (unpaired) electrons. The van der Waals surface area contributed by atoms with Gasteiger partial charge in [0.2, 0.25) is 0 Å². The van der Waals surface area contributed by atoms with E-state index in [0.29, 0.717) is 25.3 Å². The van der Waals surface area contributed by atoms with Gasteiger partial charge in [0, 0.05) is 39.3 Å². The van der Waals surface area contributed by atoms with Crippen molar-refractivity contribution in [1.29, 1.82) is 0 Å². The van der Waals surface area contributed by atoms with E-state index in [1.54, 1.807) is 0 Å². The lowest BCUT2D eigenvalue weighted by atomic mass is 10.2. The lowest BCUT2D eigenvalue weighted by Crippen LogP contribution is -2.36. The highest BCUT2D eigenvalue weighted by Gasteiger charge is 2.34. The number of anilines is 3. The summed E-state index contributed by atoms with van der Waals surface area (Å²) in [6.07, 6.45) is -3.18. The molecule has 0 aliphatic carbocycles. The van der Waals surface area contributed by atoms with E-state index in [-0.39, 0.29) is 17.7 Å². The van der Waals surface area contributed by atoms with E-state index in [9.17, 15) is 18.3 Å². The zero-order valence-corrected chi connectivity index (χ0v) is 15.8. The van der Waals surface area contributed by atoms with Gasteiger partial charge < -0.3 is 20.2 Å². The van der Waals surface area contributed by atoms with E-state index in [2.05, 4.69) is 25.3 Å². The van der Waals surface area contributed by atoms with Crippen LogP contribution in [-0.2, 0) is 6.18 Å². The van der Waals surface area contributed by atoms with Gasteiger partial charge in [0.1, 0.15) is 35.3 Å². The molecule has 3 rings (SSSR count). The van der Waals surface area contributed by atoms with E-state index in [0.717, 1.165) is 11.9 Å². The second kappa shape index (κ2) is 7.74. The summed E-state index contributed by atoms with van der Waals surface area (Å²) in [5.74, 6) is 1.50. The highest BCUT2D eigenvalue weighted by Crippen LogP contribution is 2.29. The SMILES string of the molecule is Cc1nc(NC[C@H]2C[C@@H](O)CN2c2cc(N(C)C)ncn2)cc(C(F)(F)F)n1. The maximum atomic E-state index is 12.9. The van der Waals surface area contributed by atoms with Gasteiger partial charge in [-0.2, -0.15) is 13.2 Å². The molecular weight excluding hydrogens is 375 g/mol. The molecule has 2 aromatic heterocycles. The van der Waals surface area contributed by atoms with Gasteiger partial charge in [-0.3, -0.25) is 0 Å². The Hall–Kier alpha value is -2.69. The van der Waals surface area contributed by atoms with Crippen molar-refractivity contribution in [2.45, 2.75) is 31.7 Å². The molecule has 0 amide bonds. The van der Waals surface area contributed by atoms with Crippen LogP contribution in [0.25, 0.3) is 0 Å². The number of hydrogen-bond donors (Lipinski definition) is 2. The Balaban J connectivity index is 1.76. The Morgan fingerprint density at radius 2 is 2.00 bits per heavy atom. The largest absolute Gasteiger partial charge is 0.433 e. The van der Waals surface area contributed by atoms with Crippen molar-refractivity contribution in [2.75, 3.05) is 42.3 Å². The maximum Gasteiger partial charge on any atom is 0.433 e. The number of aryl methyl sites for hydroxylation is 1. The maximum absolute atomic E-state index is 12.9. The normalized spacial score (nSPS) is 19.8. The first-order valence-corrected chi connectivity index (χ1v) is 8.74. The van der Waals surface area contributed by atoms with Gasteiger partial charge in [0.25, 0.3) is 0 Å². The Kier molecular flexibility index (Phi) is 5.54. The van der Waals surface area contributed by atoms with Gasteiger partial charge in [-0.1, -0.05) is 0 Å². The molecule has 3 heterocycles. The molecule has 0 unspecified atom stereocenters. The van der Waals surface area contributed by atoms with Crippen LogP contribution in [0.4, 0.5) is 30.6 Å². The van der Waals surface area contributed by atoms with Gasteiger partial charge in [0.05, 0.1) is 12.1 Å². The van der Waals surface area contributed by atoms with E-state index >= 15 is 0 Å². The Morgan fingerprint density at radius 3 is 2.68 bits per heavy atom. The number of aliphatic hydroxyl groups excluding tert-OH is 1. The van der Waals surface area contributed by atoms with Crippen molar-refractivity contribution in [3.8, 4) is 0 Å². The first-order valence-electron chi connectivity index (χ1n) is 8.74. The van der Waals surface area contributed by atoms with E-state index < -0.39 is 18.0 Å². The molecule has 1 fully saturated rings. The van der Waals surface area contributed by atoms with Crippen molar-refractivity contribution in [2.24, 2.45) is 0 Å². The van der Waals surface area contributed by atoms with Crippen molar-refractivity contribution in [1.82, 2.24) is 19.9 Å². The molecule has 0 saturated carbocycles. The number of aromatic nitrogens is 4. The Labute approximate surface area is 160 Å². The van der Waals surface area contributed by atoms with Crippen LogP contribution in [0, 0.1) is 6.92 Å². The summed E-state index contributed by atoms with van der Waals surface area (Å²) in [6.45, 7) is 2.09. The van der Waals surface area contributed by atoms with E-state index in [4.69, 9.17) is 0 Å². The van der Waals surface area contributed by atoms with Crippen LogP contribution in [-0.4, -0.2) is 64.4 Å². The first kappa shape index (κ1) is 20.1. The number of hydrogen-bond acceptors (Lipinski definition) is 8. The van der Waals surface area contributed by atoms with Crippen LogP contribution >= 0.6 is 0 Å². The number of β-amino-alcohol motifs (C(OH)–C–C–N with tert-alkyl or cyclic N) is 1. The fourth-order valence-corrected chi connectivity index (χ4v) is 3.13. The van der Waals surface area contributed by atoms with Gasteiger partial charge in [0.15, 0.2) is 0 Å². The number of halogens is 3. The smallest absolute Gasteiger partial charge is 0.391 e. The molecule has 2 aromatic rings.